The zero-order chi connectivity index (χ0) is 12.0. The Kier molecular flexibility index (Phi) is 3.96. The molecule has 0 N–H and O–H groups in total. The van der Waals surface area contributed by atoms with Crippen LogP contribution in [0.15, 0.2) is 30.3 Å². The van der Waals surface area contributed by atoms with E-state index >= 15 is 0 Å². The summed E-state index contributed by atoms with van der Waals surface area (Å²) in [4.78, 5) is 31.6. The van der Waals surface area contributed by atoms with Gasteiger partial charge in [-0.15, -0.1) is 0 Å². The average Bonchev–Trinajstić information content (AvgIpc) is 2.26. The van der Waals surface area contributed by atoms with Crippen LogP contribution in [0.3, 0.4) is 0 Å². The molecule has 83 valence electrons. The molecular weight excluding hydrogens is 216 g/mol. The maximum Gasteiger partial charge on any atom is 0.474 e. The van der Waals surface area contributed by atoms with E-state index in [4.69, 9.17) is 0 Å². The van der Waals surface area contributed by atoms with Crippen molar-refractivity contribution in [1.29, 1.82) is 0 Å². The van der Waals surface area contributed by atoms with Crippen LogP contribution in [-0.2, 0) is 4.79 Å². The van der Waals surface area contributed by atoms with Gasteiger partial charge in [-0.1, -0.05) is 18.2 Å². The summed E-state index contributed by atoms with van der Waals surface area (Å²) in [5.41, 5.74) is 0. The van der Waals surface area contributed by atoms with Gasteiger partial charge in [0, 0.05) is 0 Å². The molecule has 0 aromatic heterocycles. The predicted octanol–water partition coefficient (Wildman–Crippen LogP) is 0.789. The number of hydrazine groups is 1. The number of amides is 1. The summed E-state index contributed by atoms with van der Waals surface area (Å²) in [5, 5.41) is 9.37. The monoisotopic (exact) mass is 223 g/mol. The van der Waals surface area contributed by atoms with Gasteiger partial charge in [0.05, 0.1) is 0 Å². The third-order valence-corrected chi connectivity index (χ3v) is 1.57. The third-order valence-electron chi connectivity index (χ3n) is 1.57. The Balaban J connectivity index is 2.69. The van der Waals surface area contributed by atoms with Crippen molar-refractivity contribution in [3.63, 3.8) is 0 Å². The summed E-state index contributed by atoms with van der Waals surface area (Å²) in [6.07, 6.45) is 0.0127. The van der Waals surface area contributed by atoms with Crippen molar-refractivity contribution in [3.05, 3.63) is 40.4 Å². The maximum absolute atomic E-state index is 11.2. The molecule has 0 atom stereocenters. The molecule has 0 aliphatic carbocycles. The van der Waals surface area contributed by atoms with Gasteiger partial charge in [-0.05, 0) is 17.1 Å². The molecule has 0 saturated carbocycles. The van der Waals surface area contributed by atoms with Crippen LogP contribution in [0.5, 0.6) is 5.75 Å². The number of rotatable bonds is 4. The first-order valence-electron chi connectivity index (χ1n) is 4.19. The van der Waals surface area contributed by atoms with Crippen molar-refractivity contribution in [1.82, 2.24) is 5.01 Å². The minimum absolute atomic E-state index is 0.0278. The number of hydrogen-bond donors (Lipinski definition) is 0. The Morgan fingerprint density at radius 1 is 1.44 bits per heavy atom. The third kappa shape index (κ3) is 3.05. The van der Waals surface area contributed by atoms with E-state index in [9.17, 15) is 19.7 Å². The molecule has 7 nitrogen and oxygen atoms in total. The second-order valence-corrected chi connectivity index (χ2v) is 2.62. The number of para-hydroxylation sites is 1. The van der Waals surface area contributed by atoms with Crippen LogP contribution in [0.2, 0.25) is 0 Å². The minimum atomic E-state index is -1.24. The molecule has 0 spiro atoms. The Bertz CT molecular complexity index is 392. The highest BCUT2D eigenvalue weighted by Gasteiger charge is 2.26. The highest BCUT2D eigenvalue weighted by atomic mass is 16.7. The van der Waals surface area contributed by atoms with Crippen LogP contribution in [0.25, 0.3) is 0 Å². The highest BCUT2D eigenvalue weighted by molar-refractivity contribution is 5.72. The molecule has 0 fully saturated rings. The van der Waals surface area contributed by atoms with E-state index in [0.29, 0.717) is 0 Å². The second-order valence-electron chi connectivity index (χ2n) is 2.62. The lowest BCUT2D eigenvalue weighted by molar-refractivity contribution is -0.631. The fourth-order valence-corrected chi connectivity index (χ4v) is 0.892. The van der Waals surface area contributed by atoms with Gasteiger partial charge in [0.2, 0.25) is 6.29 Å². The zero-order valence-electron chi connectivity index (χ0n) is 8.03. The maximum atomic E-state index is 11.2. The molecule has 0 aliphatic rings. The number of nitrogens with zero attached hydrogens (tertiary/aromatic N) is 2. The lowest BCUT2D eigenvalue weighted by Crippen LogP contribution is -2.39. The first kappa shape index (κ1) is 11.6. The second kappa shape index (κ2) is 5.44. The Morgan fingerprint density at radius 2 is 2.06 bits per heavy atom. The van der Waals surface area contributed by atoms with Crippen LogP contribution >= 0.6 is 0 Å². The molecule has 1 rings (SSSR count). The molecule has 7 heteroatoms. The van der Waals surface area contributed by atoms with Crippen molar-refractivity contribution in [3.8, 4) is 5.75 Å². The lowest BCUT2D eigenvalue weighted by Gasteiger charge is -2.08. The average molecular weight is 223 g/mol. The van der Waals surface area contributed by atoms with Crippen LogP contribution in [0, 0.1) is 10.1 Å². The van der Waals surface area contributed by atoms with E-state index in [0.717, 1.165) is 0 Å². The van der Waals surface area contributed by atoms with Gasteiger partial charge in [0.1, 0.15) is 5.75 Å². The highest BCUT2D eigenvalue weighted by Crippen LogP contribution is 2.09. The first-order chi connectivity index (χ1) is 7.65. The molecule has 0 unspecified atom stereocenters. The van der Waals surface area contributed by atoms with Crippen molar-refractivity contribution in [2.24, 2.45) is 0 Å². The van der Waals surface area contributed by atoms with Crippen LogP contribution in [-0.4, -0.2) is 29.0 Å². The molecule has 16 heavy (non-hydrogen) atoms. The van der Waals surface area contributed by atoms with Gasteiger partial charge in [-0.2, -0.15) is 0 Å². The summed E-state index contributed by atoms with van der Waals surface area (Å²) in [6.45, 7) is -0.779. The largest absolute Gasteiger partial charge is 0.474 e. The first-order valence-corrected chi connectivity index (χ1v) is 4.19. The van der Waals surface area contributed by atoms with Crippen molar-refractivity contribution < 1.29 is 19.4 Å². The number of hydrogen-bond acceptors (Lipinski definition) is 5. The van der Waals surface area contributed by atoms with E-state index in [-0.39, 0.29) is 10.8 Å². The normalized spacial score (nSPS) is 9.25. The molecule has 1 amide bonds. The fraction of sp³-hybridized carbons (Fsp3) is 0.111. The van der Waals surface area contributed by atoms with Crippen LogP contribution in [0.1, 0.15) is 0 Å². The van der Waals surface area contributed by atoms with Gasteiger partial charge in [0.25, 0.3) is 0 Å². The fourth-order valence-electron chi connectivity index (χ4n) is 0.892. The van der Waals surface area contributed by atoms with Gasteiger partial charge >= 0.3 is 6.09 Å². The van der Waals surface area contributed by atoms with E-state index in [1.807, 2.05) is 0 Å². The topological polar surface area (TPSA) is 89.8 Å². The van der Waals surface area contributed by atoms with E-state index in [2.05, 4.69) is 4.74 Å². The number of benzene rings is 1. The summed E-state index contributed by atoms with van der Waals surface area (Å²) < 4.78 is 4.66. The Morgan fingerprint density at radius 3 is 2.56 bits per heavy atom. The predicted molar refractivity (Wildman–Crippen MR) is 51.9 cm³/mol. The molecule has 0 aliphatic heterocycles. The molecule has 0 heterocycles. The lowest BCUT2D eigenvalue weighted by atomic mass is 10.3. The van der Waals surface area contributed by atoms with Gasteiger partial charge in [-0.25, -0.2) is 14.9 Å². The molecule has 0 saturated heterocycles. The quantitative estimate of drug-likeness (QED) is 0.556. The smallest absolute Gasteiger partial charge is 0.407 e. The van der Waals surface area contributed by atoms with Crippen molar-refractivity contribution in [2.75, 3.05) is 6.54 Å². The molecule has 0 bridgehead atoms. The SMILES string of the molecule is O=[C]CN(C(=O)Oc1ccccc1)[N+](=O)[O-]. The van der Waals surface area contributed by atoms with Crippen LogP contribution < -0.4 is 4.74 Å². The van der Waals surface area contributed by atoms with Gasteiger partial charge < -0.3 is 4.74 Å². The van der Waals surface area contributed by atoms with E-state index in [1.54, 1.807) is 18.2 Å². The number of carbonyl (C=O) groups excluding carboxylic acids is 2. The molecule has 1 radical (unpaired) electrons. The van der Waals surface area contributed by atoms with Crippen molar-refractivity contribution >= 4 is 12.4 Å². The number of ether oxygens (including phenoxy) is 1. The van der Waals surface area contributed by atoms with Crippen LogP contribution in [0.4, 0.5) is 4.79 Å². The van der Waals surface area contributed by atoms with E-state index < -0.39 is 17.7 Å². The molecular formula is C9H7N2O5. The summed E-state index contributed by atoms with van der Waals surface area (Å²) in [5.74, 6) is 0.158. The zero-order valence-corrected chi connectivity index (χ0v) is 8.03. The molecule has 1 aromatic carbocycles. The summed E-state index contributed by atoms with van der Waals surface area (Å²) >= 11 is 0. The standard InChI is InChI=1S/C9H7N2O5/c12-7-6-10(11(14)15)9(13)16-8-4-2-1-3-5-8/h1-5H,6H2. The number of nitro groups is 1. The van der Waals surface area contributed by atoms with E-state index in [1.165, 1.54) is 18.4 Å². The Labute approximate surface area is 90.3 Å². The summed E-state index contributed by atoms with van der Waals surface area (Å²) in [6, 6.07) is 7.82. The number of carbonyl (C=O) groups is 1. The van der Waals surface area contributed by atoms with Gasteiger partial charge in [-0.3, -0.25) is 4.79 Å². The Hall–Kier alpha value is -2.44. The van der Waals surface area contributed by atoms with Crippen molar-refractivity contribution in [2.45, 2.75) is 0 Å². The molecule has 1 aromatic rings. The summed E-state index contributed by atoms with van der Waals surface area (Å²) in [7, 11) is 0. The van der Waals surface area contributed by atoms with Gasteiger partial charge in [0.15, 0.2) is 11.6 Å². The minimum Gasteiger partial charge on any atom is -0.407 e.